The monoisotopic (exact) mass is 373 g/mol. The van der Waals surface area contributed by atoms with Gasteiger partial charge in [0.25, 0.3) is 0 Å². The summed E-state index contributed by atoms with van der Waals surface area (Å²) >= 11 is 1.65. The van der Waals surface area contributed by atoms with Crippen molar-refractivity contribution in [1.82, 2.24) is 20.1 Å². The number of ether oxygens (including phenoxy) is 1. The van der Waals surface area contributed by atoms with Crippen molar-refractivity contribution in [3.05, 3.63) is 29.5 Å². The van der Waals surface area contributed by atoms with Gasteiger partial charge in [0.05, 0.1) is 12.8 Å². The lowest BCUT2D eigenvalue weighted by atomic mass is 9.91. The fraction of sp³-hybridized carbons (Fsp3) is 0.632. The molecule has 0 N–H and O–H groups in total. The number of hydrogen-bond acceptors (Lipinski definition) is 7. The van der Waals surface area contributed by atoms with Crippen molar-refractivity contribution >= 4 is 16.5 Å². The zero-order valence-corrected chi connectivity index (χ0v) is 16.2. The molecule has 0 saturated carbocycles. The normalized spacial score (nSPS) is 23.0. The number of anilines is 1. The van der Waals surface area contributed by atoms with Gasteiger partial charge < -0.3 is 14.5 Å². The van der Waals surface area contributed by atoms with Crippen molar-refractivity contribution in [3.8, 4) is 5.75 Å². The topological polar surface area (TPSA) is 54.4 Å². The summed E-state index contributed by atoms with van der Waals surface area (Å²) < 4.78 is 5.51. The fourth-order valence-corrected chi connectivity index (χ4v) is 4.97. The number of likely N-dealkylation sites (tertiary alicyclic amines) is 1. The lowest BCUT2D eigenvalue weighted by molar-refractivity contribution is 0.140. The third-order valence-electron chi connectivity index (χ3n) is 5.77. The molecule has 2 saturated heterocycles. The highest BCUT2D eigenvalue weighted by Gasteiger charge is 2.29. The van der Waals surface area contributed by atoms with Gasteiger partial charge >= 0.3 is 0 Å². The lowest BCUT2D eigenvalue weighted by Gasteiger charge is -2.37. The van der Waals surface area contributed by atoms with Crippen LogP contribution in [0.5, 0.6) is 5.75 Å². The summed E-state index contributed by atoms with van der Waals surface area (Å²) in [6, 6.07) is 4.67. The Hall–Kier alpha value is -1.73. The van der Waals surface area contributed by atoms with Crippen LogP contribution < -0.4 is 9.64 Å². The van der Waals surface area contributed by atoms with Crippen molar-refractivity contribution < 1.29 is 4.74 Å². The highest BCUT2D eigenvalue weighted by atomic mass is 32.1. The summed E-state index contributed by atoms with van der Waals surface area (Å²) in [6.07, 6.45) is 7.97. The first-order chi connectivity index (χ1) is 12.8. The molecule has 0 bridgehead atoms. The summed E-state index contributed by atoms with van der Waals surface area (Å²) in [5.74, 6) is 1.46. The molecule has 4 heterocycles. The minimum Gasteiger partial charge on any atom is -0.495 e. The molecule has 1 unspecified atom stereocenters. The molecule has 2 aliphatic rings. The minimum atomic E-state index is 0.520. The van der Waals surface area contributed by atoms with Gasteiger partial charge in [-0.05, 0) is 57.3 Å². The van der Waals surface area contributed by atoms with E-state index in [1.807, 2.05) is 23.8 Å². The van der Waals surface area contributed by atoms with Gasteiger partial charge in [-0.25, -0.2) is 0 Å². The van der Waals surface area contributed by atoms with Gasteiger partial charge in [-0.2, -0.15) is 0 Å². The molecule has 2 aromatic heterocycles. The van der Waals surface area contributed by atoms with Crippen LogP contribution in [-0.4, -0.2) is 59.4 Å². The summed E-state index contributed by atoms with van der Waals surface area (Å²) in [6.45, 7) is 4.52. The summed E-state index contributed by atoms with van der Waals surface area (Å²) in [5, 5.41) is 9.30. The predicted octanol–water partition coefficient (Wildman–Crippen LogP) is 3.18. The van der Waals surface area contributed by atoms with E-state index in [9.17, 15) is 0 Å². The van der Waals surface area contributed by atoms with E-state index in [2.05, 4.69) is 25.0 Å². The van der Waals surface area contributed by atoms with Gasteiger partial charge in [0.2, 0.25) is 5.13 Å². The van der Waals surface area contributed by atoms with Gasteiger partial charge in [-0.1, -0.05) is 11.3 Å². The third-order valence-corrected chi connectivity index (χ3v) is 6.52. The average molecular weight is 374 g/mol. The van der Waals surface area contributed by atoms with Crippen LogP contribution >= 0.6 is 11.3 Å². The standard InChI is InChI=1S/C19H27N5OS/c1-25-17-5-2-9-20-18(17)15-6-11-23(12-7-15)16-4-3-10-24(13-8-16)19-22-21-14-26-19/h2,5,9,14-16H,3-4,6-8,10-13H2,1H3. The number of nitrogens with zero attached hydrogens (tertiary/aromatic N) is 5. The maximum absolute atomic E-state index is 5.51. The first-order valence-corrected chi connectivity index (χ1v) is 10.5. The quantitative estimate of drug-likeness (QED) is 0.820. The van der Waals surface area contributed by atoms with Gasteiger partial charge in [0.15, 0.2) is 0 Å². The number of piperidine rings is 1. The first kappa shape index (κ1) is 17.7. The van der Waals surface area contributed by atoms with Crippen LogP contribution in [0.25, 0.3) is 0 Å². The van der Waals surface area contributed by atoms with Crippen molar-refractivity contribution in [2.24, 2.45) is 0 Å². The Kier molecular flexibility index (Phi) is 5.65. The highest BCUT2D eigenvalue weighted by Crippen LogP contribution is 2.34. The van der Waals surface area contributed by atoms with E-state index in [1.165, 1.54) is 32.1 Å². The van der Waals surface area contributed by atoms with Gasteiger partial charge in [-0.15, -0.1) is 10.2 Å². The highest BCUT2D eigenvalue weighted by molar-refractivity contribution is 7.13. The van der Waals surface area contributed by atoms with Crippen LogP contribution in [-0.2, 0) is 0 Å². The molecular formula is C19H27N5OS. The Morgan fingerprint density at radius 2 is 2.00 bits per heavy atom. The largest absolute Gasteiger partial charge is 0.495 e. The van der Waals surface area contributed by atoms with Crippen molar-refractivity contribution in [1.29, 1.82) is 0 Å². The van der Waals surface area contributed by atoms with Crippen molar-refractivity contribution in [2.45, 2.75) is 44.1 Å². The van der Waals surface area contributed by atoms with Crippen molar-refractivity contribution in [2.75, 3.05) is 38.2 Å². The second-order valence-corrected chi connectivity index (χ2v) is 8.01. The van der Waals surface area contributed by atoms with E-state index in [-0.39, 0.29) is 0 Å². The number of pyridine rings is 1. The van der Waals surface area contributed by atoms with E-state index in [0.29, 0.717) is 12.0 Å². The Morgan fingerprint density at radius 3 is 2.77 bits per heavy atom. The van der Waals surface area contributed by atoms with Crippen LogP contribution in [0.1, 0.15) is 43.7 Å². The third kappa shape index (κ3) is 3.83. The number of rotatable bonds is 4. The van der Waals surface area contributed by atoms with Crippen LogP contribution in [0.4, 0.5) is 5.13 Å². The Bertz CT molecular complexity index is 687. The van der Waals surface area contributed by atoms with Crippen LogP contribution in [0.15, 0.2) is 23.8 Å². The van der Waals surface area contributed by atoms with Crippen LogP contribution in [0, 0.1) is 0 Å². The fourth-order valence-electron chi connectivity index (χ4n) is 4.36. The molecule has 6 nitrogen and oxygen atoms in total. The maximum atomic E-state index is 5.51. The summed E-state index contributed by atoms with van der Waals surface area (Å²) in [5.41, 5.74) is 2.96. The van der Waals surface area contributed by atoms with E-state index >= 15 is 0 Å². The van der Waals surface area contributed by atoms with E-state index in [4.69, 9.17) is 4.74 Å². The lowest BCUT2D eigenvalue weighted by Crippen LogP contribution is -2.41. The molecular weight excluding hydrogens is 346 g/mol. The SMILES string of the molecule is COc1cccnc1C1CCN(C2CCCN(c3nncs3)CC2)CC1. The number of aromatic nitrogens is 3. The molecule has 0 radical (unpaired) electrons. The van der Waals surface area contributed by atoms with Crippen LogP contribution in [0.2, 0.25) is 0 Å². The molecule has 0 amide bonds. The zero-order chi connectivity index (χ0) is 17.8. The second-order valence-electron chi connectivity index (χ2n) is 7.19. The molecule has 4 rings (SSSR count). The smallest absolute Gasteiger partial charge is 0.208 e. The Morgan fingerprint density at radius 1 is 1.12 bits per heavy atom. The molecule has 26 heavy (non-hydrogen) atoms. The molecule has 2 aromatic rings. The molecule has 0 spiro atoms. The van der Waals surface area contributed by atoms with Gasteiger partial charge in [0, 0.05) is 31.2 Å². The molecule has 1 atom stereocenters. The molecule has 2 aliphatic heterocycles. The average Bonchev–Trinajstić information content (AvgIpc) is 3.13. The van der Waals surface area contributed by atoms with E-state index < -0.39 is 0 Å². The maximum Gasteiger partial charge on any atom is 0.208 e. The first-order valence-electron chi connectivity index (χ1n) is 9.59. The molecule has 2 fully saturated rings. The molecule has 7 heteroatoms. The Labute approximate surface area is 159 Å². The second kappa shape index (κ2) is 8.31. The molecule has 0 aliphatic carbocycles. The number of methoxy groups -OCH3 is 1. The van der Waals surface area contributed by atoms with Gasteiger partial charge in [0.1, 0.15) is 11.3 Å². The van der Waals surface area contributed by atoms with Crippen molar-refractivity contribution in [3.63, 3.8) is 0 Å². The predicted molar refractivity (Wildman–Crippen MR) is 104 cm³/mol. The van der Waals surface area contributed by atoms with Crippen LogP contribution in [0.3, 0.4) is 0 Å². The minimum absolute atomic E-state index is 0.520. The molecule has 140 valence electrons. The zero-order valence-electron chi connectivity index (χ0n) is 15.4. The Balaban J connectivity index is 1.33. The number of hydrogen-bond donors (Lipinski definition) is 0. The summed E-state index contributed by atoms with van der Waals surface area (Å²) in [4.78, 5) is 9.71. The summed E-state index contributed by atoms with van der Waals surface area (Å²) in [7, 11) is 1.74. The van der Waals surface area contributed by atoms with Gasteiger partial charge in [-0.3, -0.25) is 4.98 Å². The van der Waals surface area contributed by atoms with E-state index in [0.717, 1.165) is 42.8 Å². The van der Waals surface area contributed by atoms with E-state index in [1.54, 1.807) is 18.4 Å². The molecule has 0 aromatic carbocycles.